The van der Waals surface area contributed by atoms with Crippen LogP contribution in [0.1, 0.15) is 23.2 Å². The van der Waals surface area contributed by atoms with Gasteiger partial charge < -0.3 is 15.0 Å². The van der Waals surface area contributed by atoms with Crippen LogP contribution in [0, 0.1) is 17.6 Å². The molecule has 2 amide bonds. The number of hydrogen-bond donors (Lipinski definition) is 1. The maximum Gasteiger partial charge on any atom is 0.256 e. The Hall–Kier alpha value is -3.74. The van der Waals surface area contributed by atoms with Gasteiger partial charge in [-0.15, -0.1) is 0 Å². The predicted molar refractivity (Wildman–Crippen MR) is 125 cm³/mol. The lowest BCUT2D eigenvalue weighted by molar-refractivity contribution is -0.126. The van der Waals surface area contributed by atoms with Crippen molar-refractivity contribution in [1.82, 2.24) is 10.2 Å². The Morgan fingerprint density at radius 3 is 2.38 bits per heavy atom. The summed E-state index contributed by atoms with van der Waals surface area (Å²) < 4.78 is 32.9. The molecular formula is C27H26F2N2O3. The Bertz CT molecular complexity index is 1150. The number of amides is 2. The molecule has 7 heteroatoms. The van der Waals surface area contributed by atoms with Crippen molar-refractivity contribution in [1.29, 1.82) is 0 Å². The lowest BCUT2D eigenvalue weighted by Crippen LogP contribution is -2.43. The second-order valence-corrected chi connectivity index (χ2v) is 8.19. The van der Waals surface area contributed by atoms with Crippen LogP contribution >= 0.6 is 0 Å². The molecule has 0 spiro atoms. The van der Waals surface area contributed by atoms with E-state index in [2.05, 4.69) is 5.32 Å². The first kappa shape index (κ1) is 23.4. The standard InChI is InChI=1S/C27H26F2N2O3/c28-21-10-11-23(24(29)18-21)27(33)31-15-12-20(13-16-31)26(32)30-14-17-34-25-9-5-4-8-22(25)19-6-2-1-3-7-19/h1-11,18,20H,12-17H2,(H,30,32). The number of ether oxygens (including phenoxy) is 1. The number of likely N-dealkylation sites (tertiary alicyclic amines) is 1. The van der Waals surface area contributed by atoms with E-state index in [0.29, 0.717) is 45.1 Å². The molecule has 0 aliphatic carbocycles. The summed E-state index contributed by atoms with van der Waals surface area (Å²) in [6.07, 6.45) is 0.968. The second kappa shape index (κ2) is 10.9. The fourth-order valence-corrected chi connectivity index (χ4v) is 4.11. The molecule has 0 aromatic heterocycles. The van der Waals surface area contributed by atoms with Crippen molar-refractivity contribution in [3.05, 3.63) is 90.0 Å². The van der Waals surface area contributed by atoms with E-state index in [0.717, 1.165) is 29.0 Å². The third-order valence-corrected chi connectivity index (χ3v) is 5.95. The molecule has 0 radical (unpaired) electrons. The van der Waals surface area contributed by atoms with Crippen LogP contribution in [-0.2, 0) is 4.79 Å². The fourth-order valence-electron chi connectivity index (χ4n) is 4.11. The van der Waals surface area contributed by atoms with Crippen LogP contribution in [0.15, 0.2) is 72.8 Å². The zero-order valence-electron chi connectivity index (χ0n) is 18.7. The Labute approximate surface area is 197 Å². The number of rotatable bonds is 7. The summed E-state index contributed by atoms with van der Waals surface area (Å²) in [6, 6.07) is 20.6. The maximum atomic E-state index is 13.9. The van der Waals surface area contributed by atoms with Gasteiger partial charge in [0.25, 0.3) is 5.91 Å². The van der Waals surface area contributed by atoms with Crippen molar-refractivity contribution in [3.8, 4) is 16.9 Å². The number of hydrogen-bond acceptors (Lipinski definition) is 3. The number of halogens is 2. The largest absolute Gasteiger partial charge is 0.491 e. The highest BCUT2D eigenvalue weighted by Gasteiger charge is 2.28. The van der Waals surface area contributed by atoms with E-state index in [-0.39, 0.29) is 17.4 Å². The number of nitrogens with one attached hydrogen (secondary N) is 1. The molecule has 34 heavy (non-hydrogen) atoms. The minimum Gasteiger partial charge on any atom is -0.491 e. The van der Waals surface area contributed by atoms with Crippen LogP contribution in [0.2, 0.25) is 0 Å². The molecule has 4 rings (SSSR count). The van der Waals surface area contributed by atoms with Crippen LogP contribution in [0.5, 0.6) is 5.75 Å². The summed E-state index contributed by atoms with van der Waals surface area (Å²) in [5.74, 6) is -1.64. The predicted octanol–water partition coefficient (Wildman–Crippen LogP) is 4.68. The average molecular weight is 465 g/mol. The van der Waals surface area contributed by atoms with Crippen LogP contribution < -0.4 is 10.1 Å². The highest BCUT2D eigenvalue weighted by atomic mass is 19.1. The Kier molecular flexibility index (Phi) is 7.52. The van der Waals surface area contributed by atoms with Gasteiger partial charge in [-0.25, -0.2) is 8.78 Å². The monoisotopic (exact) mass is 464 g/mol. The van der Waals surface area contributed by atoms with Crippen molar-refractivity contribution < 1.29 is 23.1 Å². The average Bonchev–Trinajstić information content (AvgIpc) is 2.87. The summed E-state index contributed by atoms with van der Waals surface area (Å²) >= 11 is 0. The topological polar surface area (TPSA) is 58.6 Å². The molecule has 176 valence electrons. The van der Waals surface area contributed by atoms with Gasteiger partial charge in [-0.05, 0) is 36.6 Å². The first-order chi connectivity index (χ1) is 16.5. The van der Waals surface area contributed by atoms with Crippen LogP contribution in [0.4, 0.5) is 8.78 Å². The minimum atomic E-state index is -0.876. The number of nitrogens with zero attached hydrogens (tertiary/aromatic N) is 1. The Morgan fingerprint density at radius 2 is 1.65 bits per heavy atom. The highest BCUT2D eigenvalue weighted by Crippen LogP contribution is 2.29. The zero-order chi connectivity index (χ0) is 23.9. The van der Waals surface area contributed by atoms with E-state index in [1.165, 1.54) is 4.90 Å². The van der Waals surface area contributed by atoms with E-state index in [1.807, 2.05) is 54.6 Å². The molecule has 3 aromatic rings. The molecular weight excluding hydrogens is 438 g/mol. The molecule has 5 nitrogen and oxygen atoms in total. The van der Waals surface area contributed by atoms with Gasteiger partial charge in [0, 0.05) is 30.6 Å². The number of carbonyl (C=O) groups is 2. The van der Waals surface area contributed by atoms with Gasteiger partial charge in [0.05, 0.1) is 12.1 Å². The molecule has 0 atom stereocenters. The first-order valence-corrected chi connectivity index (χ1v) is 11.3. The molecule has 1 fully saturated rings. The third kappa shape index (κ3) is 5.60. The van der Waals surface area contributed by atoms with Crippen molar-refractivity contribution in [2.75, 3.05) is 26.2 Å². The van der Waals surface area contributed by atoms with Gasteiger partial charge in [-0.2, -0.15) is 0 Å². The molecule has 1 heterocycles. The van der Waals surface area contributed by atoms with Gasteiger partial charge in [0.2, 0.25) is 5.91 Å². The van der Waals surface area contributed by atoms with Crippen molar-refractivity contribution >= 4 is 11.8 Å². The van der Waals surface area contributed by atoms with Gasteiger partial charge in [0.15, 0.2) is 0 Å². The second-order valence-electron chi connectivity index (χ2n) is 8.19. The van der Waals surface area contributed by atoms with E-state index in [9.17, 15) is 18.4 Å². The first-order valence-electron chi connectivity index (χ1n) is 11.3. The number of carbonyl (C=O) groups excluding carboxylic acids is 2. The molecule has 3 aromatic carbocycles. The van der Waals surface area contributed by atoms with Crippen molar-refractivity contribution in [2.45, 2.75) is 12.8 Å². The fraction of sp³-hybridized carbons (Fsp3) is 0.259. The lowest BCUT2D eigenvalue weighted by atomic mass is 9.95. The van der Waals surface area contributed by atoms with Crippen LogP contribution in [-0.4, -0.2) is 43.0 Å². The third-order valence-electron chi connectivity index (χ3n) is 5.95. The maximum absolute atomic E-state index is 13.9. The van der Waals surface area contributed by atoms with Gasteiger partial charge >= 0.3 is 0 Å². The molecule has 1 saturated heterocycles. The quantitative estimate of drug-likeness (QED) is 0.517. The van der Waals surface area contributed by atoms with Crippen molar-refractivity contribution in [3.63, 3.8) is 0 Å². The Balaban J connectivity index is 1.23. The van der Waals surface area contributed by atoms with Crippen LogP contribution in [0.3, 0.4) is 0 Å². The van der Waals surface area contributed by atoms with Gasteiger partial charge in [-0.3, -0.25) is 9.59 Å². The molecule has 0 saturated carbocycles. The highest BCUT2D eigenvalue weighted by molar-refractivity contribution is 5.94. The van der Waals surface area contributed by atoms with Gasteiger partial charge in [0.1, 0.15) is 24.0 Å². The summed E-state index contributed by atoms with van der Waals surface area (Å²) in [4.78, 5) is 26.6. The molecule has 1 aliphatic rings. The normalized spacial score (nSPS) is 14.0. The van der Waals surface area contributed by atoms with E-state index in [1.54, 1.807) is 0 Å². The summed E-state index contributed by atoms with van der Waals surface area (Å²) in [5.41, 5.74) is 1.89. The minimum absolute atomic E-state index is 0.0833. The summed E-state index contributed by atoms with van der Waals surface area (Å²) in [5, 5.41) is 2.90. The lowest BCUT2D eigenvalue weighted by Gasteiger charge is -2.31. The zero-order valence-corrected chi connectivity index (χ0v) is 18.7. The van der Waals surface area contributed by atoms with E-state index < -0.39 is 17.5 Å². The van der Waals surface area contributed by atoms with Crippen molar-refractivity contribution in [2.24, 2.45) is 5.92 Å². The van der Waals surface area contributed by atoms with E-state index >= 15 is 0 Å². The van der Waals surface area contributed by atoms with Crippen LogP contribution in [0.25, 0.3) is 11.1 Å². The number of para-hydroxylation sites is 1. The SMILES string of the molecule is O=C(NCCOc1ccccc1-c1ccccc1)C1CCN(C(=O)c2ccc(F)cc2F)CC1. The molecule has 1 aliphatic heterocycles. The summed E-state index contributed by atoms with van der Waals surface area (Å²) in [7, 11) is 0. The molecule has 1 N–H and O–H groups in total. The molecule has 0 unspecified atom stereocenters. The van der Waals surface area contributed by atoms with E-state index in [4.69, 9.17) is 4.74 Å². The number of piperidine rings is 1. The Morgan fingerprint density at radius 1 is 0.941 bits per heavy atom. The van der Waals surface area contributed by atoms with Gasteiger partial charge in [-0.1, -0.05) is 48.5 Å². The number of benzene rings is 3. The smallest absolute Gasteiger partial charge is 0.256 e. The molecule has 0 bridgehead atoms. The summed E-state index contributed by atoms with van der Waals surface area (Å²) in [6.45, 7) is 1.38.